The monoisotopic (exact) mass is 387 g/mol. The van der Waals surface area contributed by atoms with Gasteiger partial charge < -0.3 is 4.57 Å². The summed E-state index contributed by atoms with van der Waals surface area (Å²) < 4.78 is 2.09. The highest BCUT2D eigenvalue weighted by atomic mass is 16.2. The second kappa shape index (κ2) is 7.05. The van der Waals surface area contributed by atoms with E-state index in [2.05, 4.69) is 23.7 Å². The molecule has 1 aliphatic rings. The smallest absolute Gasteiger partial charge is 0.335 e. The quantitative estimate of drug-likeness (QED) is 0.541. The van der Waals surface area contributed by atoms with Crippen molar-refractivity contribution in [3.05, 3.63) is 71.4 Å². The number of aromatic nitrogens is 1. The molecule has 29 heavy (non-hydrogen) atoms. The number of anilines is 1. The van der Waals surface area contributed by atoms with Crippen molar-refractivity contribution in [2.45, 2.75) is 26.8 Å². The lowest BCUT2D eigenvalue weighted by atomic mass is 10.1. The number of benzene rings is 2. The van der Waals surface area contributed by atoms with E-state index in [-0.39, 0.29) is 11.6 Å². The number of hydrogen-bond donors (Lipinski definition) is 1. The molecule has 1 fully saturated rings. The highest BCUT2D eigenvalue weighted by Crippen LogP contribution is 2.28. The molecular weight excluding hydrogens is 366 g/mol. The molecule has 146 valence electrons. The third-order valence-electron chi connectivity index (χ3n) is 5.02. The summed E-state index contributed by atoms with van der Waals surface area (Å²) in [5, 5.41) is 3.21. The Morgan fingerprint density at radius 1 is 0.966 bits per heavy atom. The van der Waals surface area contributed by atoms with Crippen LogP contribution in [0.3, 0.4) is 0 Å². The van der Waals surface area contributed by atoms with E-state index in [1.165, 1.54) is 0 Å². The number of para-hydroxylation sites is 1. The number of nitrogens with zero attached hydrogens (tertiary/aromatic N) is 2. The van der Waals surface area contributed by atoms with E-state index < -0.39 is 17.8 Å². The fourth-order valence-electron chi connectivity index (χ4n) is 3.52. The molecule has 0 spiro atoms. The van der Waals surface area contributed by atoms with E-state index in [1.54, 1.807) is 18.2 Å². The predicted octanol–water partition coefficient (Wildman–Crippen LogP) is 4.20. The molecule has 0 unspecified atom stereocenters. The SMILES string of the molecule is Cc1ccc(N2C(=O)NC(=O)C(=Cc3cn(C(C)C)c4ccccc34)C2=O)cc1. The largest absolute Gasteiger partial charge is 0.344 e. The van der Waals surface area contributed by atoms with Crippen LogP contribution in [-0.2, 0) is 9.59 Å². The van der Waals surface area contributed by atoms with Gasteiger partial charge in [-0.1, -0.05) is 35.9 Å². The number of urea groups is 1. The number of imide groups is 2. The number of hydrogen-bond acceptors (Lipinski definition) is 3. The van der Waals surface area contributed by atoms with Gasteiger partial charge in [0.1, 0.15) is 5.57 Å². The Balaban J connectivity index is 1.82. The number of barbiturate groups is 1. The molecule has 2 aromatic carbocycles. The standard InChI is InChI=1S/C23H21N3O3/c1-14(2)25-13-16(18-6-4-5-7-20(18)25)12-19-21(27)24-23(29)26(22(19)28)17-10-8-15(3)9-11-17/h4-14H,1-3H3,(H,24,27,29). The van der Waals surface area contributed by atoms with Crippen molar-refractivity contribution >= 4 is 40.5 Å². The molecule has 2 heterocycles. The Morgan fingerprint density at radius 2 is 1.66 bits per heavy atom. The second-order valence-electron chi connectivity index (χ2n) is 7.40. The molecule has 1 N–H and O–H groups in total. The predicted molar refractivity (Wildman–Crippen MR) is 113 cm³/mol. The third kappa shape index (κ3) is 3.23. The molecule has 0 saturated carbocycles. The molecule has 0 atom stereocenters. The number of amides is 4. The van der Waals surface area contributed by atoms with Crippen LogP contribution in [0.15, 0.2) is 60.3 Å². The lowest BCUT2D eigenvalue weighted by Gasteiger charge is -2.26. The van der Waals surface area contributed by atoms with Gasteiger partial charge >= 0.3 is 6.03 Å². The van der Waals surface area contributed by atoms with E-state index in [4.69, 9.17) is 0 Å². The molecular formula is C23H21N3O3. The van der Waals surface area contributed by atoms with E-state index in [0.29, 0.717) is 5.69 Å². The van der Waals surface area contributed by atoms with Crippen LogP contribution in [0.5, 0.6) is 0 Å². The molecule has 0 radical (unpaired) electrons. The van der Waals surface area contributed by atoms with E-state index >= 15 is 0 Å². The van der Waals surface area contributed by atoms with Crippen molar-refractivity contribution in [3.8, 4) is 0 Å². The van der Waals surface area contributed by atoms with Gasteiger partial charge in [-0.3, -0.25) is 14.9 Å². The molecule has 0 bridgehead atoms. The maximum absolute atomic E-state index is 13.1. The summed E-state index contributed by atoms with van der Waals surface area (Å²) in [7, 11) is 0. The van der Waals surface area contributed by atoms with Gasteiger partial charge in [0.15, 0.2) is 0 Å². The first-order chi connectivity index (χ1) is 13.9. The van der Waals surface area contributed by atoms with Crippen LogP contribution in [0, 0.1) is 6.92 Å². The summed E-state index contributed by atoms with van der Waals surface area (Å²) in [6.45, 7) is 6.06. The molecule has 1 aromatic heterocycles. The van der Waals surface area contributed by atoms with Crippen LogP contribution in [-0.4, -0.2) is 22.4 Å². The minimum Gasteiger partial charge on any atom is -0.344 e. The Bertz CT molecular complexity index is 1170. The highest BCUT2D eigenvalue weighted by Gasteiger charge is 2.37. The summed E-state index contributed by atoms with van der Waals surface area (Å²) in [6, 6.07) is 14.3. The molecule has 4 amide bonds. The van der Waals surface area contributed by atoms with Gasteiger partial charge in [0.25, 0.3) is 11.8 Å². The fraction of sp³-hybridized carbons (Fsp3) is 0.174. The van der Waals surface area contributed by atoms with Crippen molar-refractivity contribution < 1.29 is 14.4 Å². The average molecular weight is 387 g/mol. The van der Waals surface area contributed by atoms with Gasteiger partial charge in [0.2, 0.25) is 0 Å². The first-order valence-electron chi connectivity index (χ1n) is 9.44. The number of fused-ring (bicyclic) bond motifs is 1. The van der Waals surface area contributed by atoms with Gasteiger partial charge in [0.05, 0.1) is 5.69 Å². The molecule has 4 rings (SSSR count). The van der Waals surface area contributed by atoms with E-state index in [0.717, 1.165) is 26.9 Å². The molecule has 1 saturated heterocycles. The normalized spacial score (nSPS) is 16.2. The van der Waals surface area contributed by atoms with Gasteiger partial charge in [-0.2, -0.15) is 0 Å². The summed E-state index contributed by atoms with van der Waals surface area (Å²) in [5.74, 6) is -1.33. The van der Waals surface area contributed by atoms with Gasteiger partial charge in [0, 0.05) is 28.7 Å². The lowest BCUT2D eigenvalue weighted by Crippen LogP contribution is -2.54. The van der Waals surface area contributed by atoms with Crippen LogP contribution < -0.4 is 10.2 Å². The maximum Gasteiger partial charge on any atom is 0.335 e. The number of carbonyl (C=O) groups is 3. The first-order valence-corrected chi connectivity index (χ1v) is 9.44. The Kier molecular flexibility index (Phi) is 4.54. The van der Waals surface area contributed by atoms with Crippen LogP contribution in [0.1, 0.15) is 31.0 Å². The van der Waals surface area contributed by atoms with Crippen LogP contribution in [0.4, 0.5) is 10.5 Å². The van der Waals surface area contributed by atoms with Crippen LogP contribution in [0.2, 0.25) is 0 Å². The zero-order valence-electron chi connectivity index (χ0n) is 16.5. The van der Waals surface area contributed by atoms with Crippen LogP contribution >= 0.6 is 0 Å². The van der Waals surface area contributed by atoms with Crippen molar-refractivity contribution in [2.75, 3.05) is 4.90 Å². The third-order valence-corrected chi connectivity index (χ3v) is 5.02. The number of aryl methyl sites for hydroxylation is 1. The second-order valence-corrected chi connectivity index (χ2v) is 7.40. The maximum atomic E-state index is 13.1. The summed E-state index contributed by atoms with van der Waals surface area (Å²) in [6.07, 6.45) is 3.49. The molecule has 0 aliphatic carbocycles. The van der Waals surface area contributed by atoms with E-state index in [1.807, 2.05) is 49.5 Å². The number of nitrogens with one attached hydrogen (secondary N) is 1. The average Bonchev–Trinajstić information content (AvgIpc) is 3.05. The topological polar surface area (TPSA) is 71.4 Å². The first kappa shape index (κ1) is 18.7. The molecule has 1 aliphatic heterocycles. The van der Waals surface area contributed by atoms with Gasteiger partial charge in [-0.25, -0.2) is 9.69 Å². The summed E-state index contributed by atoms with van der Waals surface area (Å²) >= 11 is 0. The number of carbonyl (C=O) groups excluding carboxylic acids is 3. The summed E-state index contributed by atoms with van der Waals surface area (Å²) in [5.41, 5.74) is 3.13. The van der Waals surface area contributed by atoms with Crippen molar-refractivity contribution in [1.82, 2.24) is 9.88 Å². The van der Waals surface area contributed by atoms with Crippen molar-refractivity contribution in [2.24, 2.45) is 0 Å². The Hall–Kier alpha value is -3.67. The number of rotatable bonds is 3. The Labute approximate surface area is 168 Å². The zero-order chi connectivity index (χ0) is 20.7. The fourth-order valence-corrected chi connectivity index (χ4v) is 3.52. The highest BCUT2D eigenvalue weighted by molar-refractivity contribution is 6.39. The van der Waals surface area contributed by atoms with E-state index in [9.17, 15) is 14.4 Å². The molecule has 6 nitrogen and oxygen atoms in total. The minimum absolute atomic E-state index is 0.0724. The zero-order valence-corrected chi connectivity index (χ0v) is 16.5. The van der Waals surface area contributed by atoms with Gasteiger partial charge in [-0.05, 0) is 45.0 Å². The summed E-state index contributed by atoms with van der Waals surface area (Å²) in [4.78, 5) is 38.9. The van der Waals surface area contributed by atoms with Crippen LogP contribution in [0.25, 0.3) is 17.0 Å². The molecule has 6 heteroatoms. The Morgan fingerprint density at radius 3 is 2.34 bits per heavy atom. The molecule has 3 aromatic rings. The van der Waals surface area contributed by atoms with Gasteiger partial charge in [-0.15, -0.1) is 0 Å². The van der Waals surface area contributed by atoms with Crippen molar-refractivity contribution in [3.63, 3.8) is 0 Å². The minimum atomic E-state index is -0.745. The van der Waals surface area contributed by atoms with Crippen molar-refractivity contribution in [1.29, 1.82) is 0 Å². The lowest BCUT2D eigenvalue weighted by molar-refractivity contribution is -0.122.